The topological polar surface area (TPSA) is 42.8 Å². The standard InChI is InChI=1S/C13H17N3OS/c1-3-8-17-11-7-5-6-10(9-11)12-14-15-13(18)16(12)4-2/h5-7,9H,3-4,8H2,1-2H3,(H,15,18). The molecule has 0 aliphatic rings. The van der Waals surface area contributed by atoms with E-state index in [0.29, 0.717) is 4.77 Å². The maximum atomic E-state index is 5.62. The third-order valence-corrected chi connectivity index (χ3v) is 2.95. The van der Waals surface area contributed by atoms with Crippen LogP contribution in [0, 0.1) is 4.77 Å². The molecule has 0 radical (unpaired) electrons. The quantitative estimate of drug-likeness (QED) is 0.841. The highest BCUT2D eigenvalue weighted by Crippen LogP contribution is 2.22. The van der Waals surface area contributed by atoms with Crippen LogP contribution in [0.3, 0.4) is 0 Å². The number of nitrogens with zero attached hydrogens (tertiary/aromatic N) is 2. The van der Waals surface area contributed by atoms with Gasteiger partial charge >= 0.3 is 0 Å². The summed E-state index contributed by atoms with van der Waals surface area (Å²) in [6, 6.07) is 7.93. The van der Waals surface area contributed by atoms with Crippen LogP contribution in [0.15, 0.2) is 24.3 Å². The fraction of sp³-hybridized carbons (Fsp3) is 0.385. The van der Waals surface area contributed by atoms with Crippen molar-refractivity contribution in [1.82, 2.24) is 14.8 Å². The van der Waals surface area contributed by atoms with Gasteiger partial charge in [0.1, 0.15) is 5.75 Å². The molecule has 0 aliphatic carbocycles. The first-order valence-electron chi connectivity index (χ1n) is 6.14. The van der Waals surface area contributed by atoms with Gasteiger partial charge in [0.25, 0.3) is 0 Å². The molecule has 0 unspecified atom stereocenters. The largest absolute Gasteiger partial charge is 0.494 e. The number of H-pyrrole nitrogens is 1. The molecular formula is C13H17N3OS. The van der Waals surface area contributed by atoms with Crippen LogP contribution in [0.2, 0.25) is 0 Å². The third kappa shape index (κ3) is 2.61. The van der Waals surface area contributed by atoms with Crippen LogP contribution in [0.1, 0.15) is 20.3 Å². The molecule has 0 fully saturated rings. The minimum Gasteiger partial charge on any atom is -0.494 e. The van der Waals surface area contributed by atoms with E-state index in [4.69, 9.17) is 17.0 Å². The van der Waals surface area contributed by atoms with Crippen molar-refractivity contribution in [1.29, 1.82) is 0 Å². The van der Waals surface area contributed by atoms with E-state index in [0.717, 1.165) is 36.7 Å². The molecule has 1 N–H and O–H groups in total. The molecule has 4 nitrogen and oxygen atoms in total. The Morgan fingerprint density at radius 2 is 2.22 bits per heavy atom. The molecule has 1 aromatic heterocycles. The van der Waals surface area contributed by atoms with Crippen molar-refractivity contribution >= 4 is 12.2 Å². The Morgan fingerprint density at radius 1 is 1.39 bits per heavy atom. The fourth-order valence-electron chi connectivity index (χ4n) is 1.78. The number of rotatable bonds is 5. The van der Waals surface area contributed by atoms with E-state index in [1.807, 2.05) is 35.8 Å². The number of nitrogens with one attached hydrogen (secondary N) is 1. The number of hydrogen-bond donors (Lipinski definition) is 1. The van der Waals surface area contributed by atoms with Crippen LogP contribution in [-0.4, -0.2) is 21.4 Å². The Kier molecular flexibility index (Phi) is 4.15. The zero-order chi connectivity index (χ0) is 13.0. The Balaban J connectivity index is 2.35. The summed E-state index contributed by atoms with van der Waals surface area (Å²) >= 11 is 5.19. The smallest absolute Gasteiger partial charge is 0.195 e. The maximum absolute atomic E-state index is 5.62. The summed E-state index contributed by atoms with van der Waals surface area (Å²) in [5, 5.41) is 7.09. The van der Waals surface area contributed by atoms with Crippen LogP contribution < -0.4 is 4.74 Å². The minimum atomic E-state index is 0.646. The lowest BCUT2D eigenvalue weighted by Crippen LogP contribution is -1.99. The zero-order valence-electron chi connectivity index (χ0n) is 10.6. The molecule has 18 heavy (non-hydrogen) atoms. The SMILES string of the molecule is CCCOc1cccc(-c2n[nH]c(=S)n2CC)c1. The van der Waals surface area contributed by atoms with Crippen molar-refractivity contribution in [2.45, 2.75) is 26.8 Å². The molecule has 0 spiro atoms. The molecule has 2 rings (SSSR count). The van der Waals surface area contributed by atoms with Crippen molar-refractivity contribution in [3.8, 4) is 17.1 Å². The molecule has 2 aromatic rings. The first kappa shape index (κ1) is 12.8. The van der Waals surface area contributed by atoms with Gasteiger partial charge in [-0.1, -0.05) is 19.1 Å². The lowest BCUT2D eigenvalue weighted by Gasteiger charge is -2.07. The average molecular weight is 263 g/mol. The van der Waals surface area contributed by atoms with E-state index in [1.165, 1.54) is 0 Å². The highest BCUT2D eigenvalue weighted by Gasteiger charge is 2.08. The zero-order valence-corrected chi connectivity index (χ0v) is 11.5. The first-order valence-corrected chi connectivity index (χ1v) is 6.55. The summed E-state index contributed by atoms with van der Waals surface area (Å²) in [6.07, 6.45) is 0.998. The van der Waals surface area contributed by atoms with Gasteiger partial charge in [0.15, 0.2) is 10.6 Å². The highest BCUT2D eigenvalue weighted by atomic mass is 32.1. The monoisotopic (exact) mass is 263 g/mol. The van der Waals surface area contributed by atoms with Crippen LogP contribution in [0.5, 0.6) is 5.75 Å². The molecule has 0 aliphatic heterocycles. The minimum absolute atomic E-state index is 0.646. The van der Waals surface area contributed by atoms with Gasteiger partial charge in [0, 0.05) is 12.1 Å². The number of hydrogen-bond acceptors (Lipinski definition) is 3. The molecule has 0 saturated heterocycles. The molecule has 1 heterocycles. The van der Waals surface area contributed by atoms with Gasteiger partial charge < -0.3 is 9.30 Å². The van der Waals surface area contributed by atoms with Crippen LogP contribution >= 0.6 is 12.2 Å². The predicted molar refractivity (Wildman–Crippen MR) is 74.3 cm³/mol. The Labute approximate surface area is 112 Å². The molecule has 0 amide bonds. The Bertz CT molecular complexity index is 574. The van der Waals surface area contributed by atoms with Gasteiger partial charge in [-0.2, -0.15) is 5.10 Å². The summed E-state index contributed by atoms with van der Waals surface area (Å²) in [6.45, 7) is 5.66. The van der Waals surface area contributed by atoms with E-state index < -0.39 is 0 Å². The van der Waals surface area contributed by atoms with Crippen molar-refractivity contribution in [3.63, 3.8) is 0 Å². The molecule has 0 atom stereocenters. The van der Waals surface area contributed by atoms with Gasteiger partial charge in [0.2, 0.25) is 0 Å². The van der Waals surface area contributed by atoms with E-state index in [2.05, 4.69) is 17.1 Å². The van der Waals surface area contributed by atoms with Gasteiger partial charge in [0.05, 0.1) is 6.61 Å². The molecule has 0 saturated carbocycles. The summed E-state index contributed by atoms with van der Waals surface area (Å²) in [4.78, 5) is 0. The van der Waals surface area contributed by atoms with Crippen molar-refractivity contribution in [3.05, 3.63) is 29.0 Å². The van der Waals surface area contributed by atoms with Gasteiger partial charge in [-0.25, -0.2) is 0 Å². The second-order valence-electron chi connectivity index (χ2n) is 3.97. The molecular weight excluding hydrogens is 246 g/mol. The summed E-state index contributed by atoms with van der Waals surface area (Å²) in [5.41, 5.74) is 1.01. The Hall–Kier alpha value is -1.62. The predicted octanol–water partition coefficient (Wildman–Crippen LogP) is 3.42. The van der Waals surface area contributed by atoms with E-state index in [9.17, 15) is 0 Å². The van der Waals surface area contributed by atoms with Crippen LogP contribution in [0.25, 0.3) is 11.4 Å². The van der Waals surface area contributed by atoms with E-state index >= 15 is 0 Å². The molecule has 96 valence electrons. The summed E-state index contributed by atoms with van der Waals surface area (Å²) in [5.74, 6) is 1.72. The van der Waals surface area contributed by atoms with Crippen LogP contribution in [-0.2, 0) is 6.54 Å². The number of benzene rings is 1. The van der Waals surface area contributed by atoms with Crippen molar-refractivity contribution < 1.29 is 4.74 Å². The van der Waals surface area contributed by atoms with Gasteiger partial charge in [-0.15, -0.1) is 0 Å². The number of aromatic nitrogens is 3. The highest BCUT2D eigenvalue weighted by molar-refractivity contribution is 7.71. The van der Waals surface area contributed by atoms with E-state index in [-0.39, 0.29) is 0 Å². The lowest BCUT2D eigenvalue weighted by molar-refractivity contribution is 0.317. The fourth-order valence-corrected chi connectivity index (χ4v) is 2.04. The third-order valence-electron chi connectivity index (χ3n) is 2.64. The molecule has 1 aromatic carbocycles. The van der Waals surface area contributed by atoms with Crippen molar-refractivity contribution in [2.75, 3.05) is 6.61 Å². The summed E-state index contributed by atoms with van der Waals surface area (Å²) in [7, 11) is 0. The molecule has 5 heteroatoms. The number of ether oxygens (including phenoxy) is 1. The molecule has 0 bridgehead atoms. The summed E-state index contributed by atoms with van der Waals surface area (Å²) < 4.78 is 8.24. The van der Waals surface area contributed by atoms with Crippen molar-refractivity contribution in [2.24, 2.45) is 0 Å². The second kappa shape index (κ2) is 5.82. The van der Waals surface area contributed by atoms with Gasteiger partial charge in [-0.3, -0.25) is 5.10 Å². The van der Waals surface area contributed by atoms with E-state index in [1.54, 1.807) is 0 Å². The van der Waals surface area contributed by atoms with Crippen LogP contribution in [0.4, 0.5) is 0 Å². The normalized spacial score (nSPS) is 10.6. The average Bonchev–Trinajstić information content (AvgIpc) is 2.77. The number of aromatic amines is 1. The first-order chi connectivity index (χ1) is 8.76. The Morgan fingerprint density at radius 3 is 2.94 bits per heavy atom. The van der Waals surface area contributed by atoms with Gasteiger partial charge in [-0.05, 0) is 37.7 Å². The maximum Gasteiger partial charge on any atom is 0.195 e. The lowest BCUT2D eigenvalue weighted by atomic mass is 10.2. The second-order valence-corrected chi connectivity index (χ2v) is 4.36.